The summed E-state index contributed by atoms with van der Waals surface area (Å²) in [6.07, 6.45) is 1.57. The minimum absolute atomic E-state index is 0.0164. The van der Waals surface area contributed by atoms with Crippen molar-refractivity contribution >= 4 is 39.9 Å². The van der Waals surface area contributed by atoms with Crippen molar-refractivity contribution in [2.45, 2.75) is 6.42 Å². The maximum atomic E-state index is 12.4. The van der Waals surface area contributed by atoms with Crippen LogP contribution >= 0.6 is 11.3 Å². The number of rotatable bonds is 7. The smallest absolute Gasteiger partial charge is 0.262 e. The molecular weight excluding hydrogens is 396 g/mol. The molecule has 1 aromatic carbocycles. The molecule has 0 spiro atoms. The Balaban J connectivity index is 1.63. The van der Waals surface area contributed by atoms with E-state index in [-0.39, 0.29) is 24.1 Å². The van der Waals surface area contributed by atoms with Crippen LogP contribution in [-0.2, 0) is 18.3 Å². The number of hydrogen-bond acceptors (Lipinski definition) is 7. The number of carbonyl (C=O) groups is 3. The van der Waals surface area contributed by atoms with Crippen molar-refractivity contribution in [3.05, 3.63) is 52.7 Å². The van der Waals surface area contributed by atoms with Gasteiger partial charge >= 0.3 is 0 Å². The zero-order valence-corrected chi connectivity index (χ0v) is 16.4. The first-order valence-corrected chi connectivity index (χ1v) is 9.26. The predicted molar refractivity (Wildman–Crippen MR) is 107 cm³/mol. The molecule has 0 aliphatic rings. The molecule has 3 amide bonds. The SMILES string of the molecule is COc1nn(C)cc1C(=O)Nc1ccc(C(=O)Nc2nc(CC(N)=O)cs2)cc1. The Labute approximate surface area is 169 Å². The molecule has 0 bridgehead atoms. The van der Waals surface area contributed by atoms with Gasteiger partial charge in [0.25, 0.3) is 11.8 Å². The van der Waals surface area contributed by atoms with Gasteiger partial charge in [0.05, 0.1) is 19.2 Å². The van der Waals surface area contributed by atoms with Gasteiger partial charge in [0.2, 0.25) is 11.8 Å². The fraction of sp³-hybridized carbons (Fsp3) is 0.167. The fourth-order valence-corrected chi connectivity index (χ4v) is 3.18. The zero-order chi connectivity index (χ0) is 21.0. The first kappa shape index (κ1) is 20.0. The summed E-state index contributed by atoms with van der Waals surface area (Å²) in [7, 11) is 3.12. The number of hydrogen-bond donors (Lipinski definition) is 3. The van der Waals surface area contributed by atoms with Crippen LogP contribution in [0.15, 0.2) is 35.8 Å². The second-order valence-electron chi connectivity index (χ2n) is 6.00. The van der Waals surface area contributed by atoms with E-state index in [1.807, 2.05) is 0 Å². The van der Waals surface area contributed by atoms with Gasteiger partial charge in [-0.3, -0.25) is 24.4 Å². The van der Waals surface area contributed by atoms with Gasteiger partial charge in [-0.25, -0.2) is 4.98 Å². The van der Waals surface area contributed by atoms with E-state index in [1.165, 1.54) is 23.1 Å². The molecule has 3 rings (SSSR count). The van der Waals surface area contributed by atoms with Gasteiger partial charge in [-0.15, -0.1) is 16.4 Å². The molecule has 10 nitrogen and oxygen atoms in total. The Bertz CT molecular complexity index is 1060. The summed E-state index contributed by atoms with van der Waals surface area (Å²) < 4.78 is 6.56. The molecule has 4 N–H and O–H groups in total. The molecule has 11 heteroatoms. The van der Waals surface area contributed by atoms with Gasteiger partial charge in [0.15, 0.2) is 5.13 Å². The maximum Gasteiger partial charge on any atom is 0.262 e. The molecule has 0 saturated heterocycles. The topological polar surface area (TPSA) is 141 Å². The number of anilines is 2. The van der Waals surface area contributed by atoms with E-state index in [4.69, 9.17) is 10.5 Å². The minimum Gasteiger partial charge on any atom is -0.479 e. The Hall–Kier alpha value is -3.73. The number of aryl methyl sites for hydroxylation is 1. The largest absolute Gasteiger partial charge is 0.479 e. The summed E-state index contributed by atoms with van der Waals surface area (Å²) in [6.45, 7) is 0. The third-order valence-corrected chi connectivity index (χ3v) is 4.57. The van der Waals surface area contributed by atoms with Crippen LogP contribution in [-0.4, -0.2) is 39.6 Å². The summed E-state index contributed by atoms with van der Waals surface area (Å²) in [5.74, 6) is -1.01. The Morgan fingerprint density at radius 2 is 1.90 bits per heavy atom. The van der Waals surface area contributed by atoms with E-state index >= 15 is 0 Å². The van der Waals surface area contributed by atoms with Gasteiger partial charge < -0.3 is 15.8 Å². The number of aromatic nitrogens is 3. The molecule has 0 fully saturated rings. The van der Waals surface area contributed by atoms with E-state index in [0.29, 0.717) is 27.6 Å². The minimum atomic E-state index is -0.491. The summed E-state index contributed by atoms with van der Waals surface area (Å²) in [4.78, 5) is 39.8. The van der Waals surface area contributed by atoms with Crippen molar-refractivity contribution in [1.82, 2.24) is 14.8 Å². The first-order chi connectivity index (χ1) is 13.9. The average molecular weight is 414 g/mol. The highest BCUT2D eigenvalue weighted by atomic mass is 32.1. The van der Waals surface area contributed by atoms with Crippen molar-refractivity contribution in [1.29, 1.82) is 0 Å². The highest BCUT2D eigenvalue weighted by molar-refractivity contribution is 7.14. The Kier molecular flexibility index (Phi) is 5.88. The quantitative estimate of drug-likeness (QED) is 0.534. The van der Waals surface area contributed by atoms with Crippen molar-refractivity contribution in [2.24, 2.45) is 12.8 Å². The number of primary amides is 1. The number of benzene rings is 1. The second-order valence-corrected chi connectivity index (χ2v) is 6.86. The first-order valence-electron chi connectivity index (χ1n) is 8.39. The molecule has 3 aromatic rings. The number of thiazole rings is 1. The van der Waals surface area contributed by atoms with Gasteiger partial charge in [-0.1, -0.05) is 0 Å². The monoisotopic (exact) mass is 414 g/mol. The molecule has 29 heavy (non-hydrogen) atoms. The van der Waals surface area contributed by atoms with Crippen LogP contribution in [0.25, 0.3) is 0 Å². The van der Waals surface area contributed by atoms with E-state index < -0.39 is 5.91 Å². The van der Waals surface area contributed by atoms with Gasteiger partial charge in [0.1, 0.15) is 5.56 Å². The molecular formula is C18H18N6O4S. The summed E-state index contributed by atoms with van der Waals surface area (Å²) in [5.41, 5.74) is 6.82. The number of nitrogens with zero attached hydrogens (tertiary/aromatic N) is 3. The lowest BCUT2D eigenvalue weighted by Gasteiger charge is -2.06. The molecule has 0 atom stereocenters. The molecule has 2 heterocycles. The van der Waals surface area contributed by atoms with Crippen molar-refractivity contribution < 1.29 is 19.1 Å². The highest BCUT2D eigenvalue weighted by Gasteiger charge is 2.17. The number of nitrogens with one attached hydrogen (secondary N) is 2. The van der Waals surface area contributed by atoms with E-state index in [9.17, 15) is 14.4 Å². The van der Waals surface area contributed by atoms with Crippen LogP contribution in [0.2, 0.25) is 0 Å². The van der Waals surface area contributed by atoms with Crippen molar-refractivity contribution in [3.63, 3.8) is 0 Å². The second kappa shape index (κ2) is 8.52. The van der Waals surface area contributed by atoms with Crippen molar-refractivity contribution in [3.8, 4) is 5.88 Å². The molecule has 0 aliphatic heterocycles. The number of nitrogens with two attached hydrogens (primary N) is 1. The van der Waals surface area contributed by atoms with Gasteiger partial charge in [-0.2, -0.15) is 0 Å². The van der Waals surface area contributed by atoms with Crippen LogP contribution in [0, 0.1) is 0 Å². The molecule has 2 aromatic heterocycles. The number of ether oxygens (including phenoxy) is 1. The van der Waals surface area contributed by atoms with Gasteiger partial charge in [-0.05, 0) is 24.3 Å². The van der Waals surface area contributed by atoms with Crippen LogP contribution < -0.4 is 21.1 Å². The molecule has 0 radical (unpaired) electrons. The van der Waals surface area contributed by atoms with E-state index in [2.05, 4.69) is 20.7 Å². The number of amides is 3. The standard InChI is InChI=1S/C18H18N6O4S/c1-24-8-13(17(23-24)28-2)16(27)20-11-5-3-10(4-6-11)15(26)22-18-21-12(9-29-18)7-14(19)25/h3-6,8-9H,7H2,1-2H3,(H2,19,25)(H,20,27)(H,21,22,26). The van der Waals surface area contributed by atoms with Gasteiger partial charge in [0, 0.05) is 29.9 Å². The lowest BCUT2D eigenvalue weighted by molar-refractivity contribution is -0.117. The Morgan fingerprint density at radius 3 is 2.55 bits per heavy atom. The maximum absolute atomic E-state index is 12.4. The summed E-state index contributed by atoms with van der Waals surface area (Å²) in [6, 6.07) is 6.36. The zero-order valence-electron chi connectivity index (χ0n) is 15.6. The molecule has 150 valence electrons. The average Bonchev–Trinajstić information content (AvgIpc) is 3.27. The van der Waals surface area contributed by atoms with Crippen LogP contribution in [0.4, 0.5) is 10.8 Å². The third kappa shape index (κ3) is 4.96. The third-order valence-electron chi connectivity index (χ3n) is 3.77. The predicted octanol–water partition coefficient (Wildman–Crippen LogP) is 1.42. The lowest BCUT2D eigenvalue weighted by Crippen LogP contribution is -2.15. The van der Waals surface area contributed by atoms with E-state index in [0.717, 1.165) is 0 Å². The van der Waals surface area contributed by atoms with Crippen LogP contribution in [0.1, 0.15) is 26.4 Å². The van der Waals surface area contributed by atoms with Crippen LogP contribution in [0.3, 0.4) is 0 Å². The summed E-state index contributed by atoms with van der Waals surface area (Å²) in [5, 5.41) is 11.4. The molecule has 0 aliphatic carbocycles. The number of carbonyl (C=O) groups excluding carboxylic acids is 3. The van der Waals surface area contributed by atoms with E-state index in [1.54, 1.807) is 42.9 Å². The summed E-state index contributed by atoms with van der Waals surface area (Å²) >= 11 is 1.20. The number of methoxy groups -OCH3 is 1. The highest BCUT2D eigenvalue weighted by Crippen LogP contribution is 2.19. The normalized spacial score (nSPS) is 10.4. The van der Waals surface area contributed by atoms with Crippen LogP contribution in [0.5, 0.6) is 5.88 Å². The molecule has 0 unspecified atom stereocenters. The fourth-order valence-electron chi connectivity index (χ4n) is 2.47. The van der Waals surface area contributed by atoms with Crippen molar-refractivity contribution in [2.75, 3.05) is 17.7 Å². The molecule has 0 saturated carbocycles. The lowest BCUT2D eigenvalue weighted by atomic mass is 10.2. The Morgan fingerprint density at radius 1 is 1.17 bits per heavy atom.